The van der Waals surface area contributed by atoms with Gasteiger partial charge in [0.2, 0.25) is 5.95 Å². The molecule has 1 N–H and O–H groups in total. The van der Waals surface area contributed by atoms with Gasteiger partial charge in [0.15, 0.2) is 0 Å². The van der Waals surface area contributed by atoms with E-state index >= 15 is 0 Å². The van der Waals surface area contributed by atoms with E-state index in [0.29, 0.717) is 23.8 Å². The quantitative estimate of drug-likeness (QED) is 0.602. The Labute approximate surface area is 152 Å². The van der Waals surface area contributed by atoms with Crippen LogP contribution >= 0.6 is 0 Å². The molecular weight excluding hydrogens is 334 g/mol. The Hall–Kier alpha value is -2.90. The van der Waals surface area contributed by atoms with Gasteiger partial charge >= 0.3 is 5.97 Å². The second kappa shape index (κ2) is 7.99. The van der Waals surface area contributed by atoms with Crippen LogP contribution in [0.3, 0.4) is 0 Å². The fraction of sp³-hybridized carbons (Fsp3) is 0.444. The van der Waals surface area contributed by atoms with Gasteiger partial charge in [-0.1, -0.05) is 37.0 Å². The lowest BCUT2D eigenvalue weighted by Gasteiger charge is -2.27. The maximum absolute atomic E-state index is 12.8. The summed E-state index contributed by atoms with van der Waals surface area (Å²) in [4.78, 5) is 12.8. The highest BCUT2D eigenvalue weighted by Gasteiger charge is 2.34. The number of hydrogen-bond acceptors (Lipinski definition) is 7. The van der Waals surface area contributed by atoms with Gasteiger partial charge in [-0.05, 0) is 41.5 Å². The lowest BCUT2D eigenvalue weighted by molar-refractivity contribution is -0.139. The Balaban J connectivity index is 1.92. The zero-order valence-electron chi connectivity index (χ0n) is 15.2. The summed E-state index contributed by atoms with van der Waals surface area (Å²) in [5.74, 6) is 0.878. The summed E-state index contributed by atoms with van der Waals surface area (Å²) in [6.07, 6.45) is 2.96. The highest BCUT2D eigenvalue weighted by Crippen LogP contribution is 2.35. The SMILES string of the molecule is CCCCCOC(=O)C1=C(C)Nc2nnnn2[C@H]1c1ccc(OC)cc1. The molecular formula is C18H23N5O3. The molecule has 2 aromatic rings. The average molecular weight is 357 g/mol. The molecule has 3 rings (SSSR count). The molecule has 1 aliphatic rings. The number of tetrazole rings is 1. The number of anilines is 1. The van der Waals surface area contributed by atoms with E-state index < -0.39 is 6.04 Å². The fourth-order valence-electron chi connectivity index (χ4n) is 2.97. The number of carbonyl (C=O) groups excluding carboxylic acids is 1. The van der Waals surface area contributed by atoms with Gasteiger partial charge in [-0.15, -0.1) is 0 Å². The first-order chi connectivity index (χ1) is 12.7. The second-order valence-electron chi connectivity index (χ2n) is 6.13. The molecule has 1 aliphatic heterocycles. The van der Waals surface area contributed by atoms with E-state index in [1.165, 1.54) is 0 Å². The van der Waals surface area contributed by atoms with Gasteiger partial charge in [0.1, 0.15) is 11.8 Å². The van der Waals surface area contributed by atoms with Gasteiger partial charge in [-0.25, -0.2) is 4.79 Å². The zero-order chi connectivity index (χ0) is 18.5. The molecule has 0 saturated carbocycles. The number of benzene rings is 1. The molecule has 26 heavy (non-hydrogen) atoms. The Bertz CT molecular complexity index is 797. The minimum absolute atomic E-state index is 0.354. The summed E-state index contributed by atoms with van der Waals surface area (Å²) < 4.78 is 12.3. The highest BCUT2D eigenvalue weighted by molar-refractivity contribution is 5.92. The molecule has 0 fully saturated rings. The fourth-order valence-corrected chi connectivity index (χ4v) is 2.97. The molecule has 1 atom stereocenters. The number of hydrogen-bond donors (Lipinski definition) is 1. The third-order valence-corrected chi connectivity index (χ3v) is 4.35. The summed E-state index contributed by atoms with van der Waals surface area (Å²) >= 11 is 0. The summed E-state index contributed by atoms with van der Waals surface area (Å²) in [6, 6.07) is 7.04. The molecule has 8 heteroatoms. The van der Waals surface area contributed by atoms with E-state index in [4.69, 9.17) is 9.47 Å². The maximum atomic E-state index is 12.8. The molecule has 0 unspecified atom stereocenters. The van der Waals surface area contributed by atoms with Crippen LogP contribution in [0.5, 0.6) is 5.75 Å². The molecule has 8 nitrogen and oxygen atoms in total. The number of nitrogens with one attached hydrogen (secondary N) is 1. The molecule has 2 heterocycles. The van der Waals surface area contributed by atoms with Gasteiger partial charge in [0, 0.05) is 5.70 Å². The second-order valence-corrected chi connectivity index (χ2v) is 6.13. The van der Waals surface area contributed by atoms with Crippen molar-refractivity contribution in [2.75, 3.05) is 19.0 Å². The standard InChI is InChI=1S/C18H23N5O3/c1-4-5-6-11-26-17(24)15-12(2)19-18-20-21-22-23(18)16(15)13-7-9-14(25-3)10-8-13/h7-10,16H,4-6,11H2,1-3H3,(H,19,20,22)/t16-/m0/s1. The summed E-state index contributed by atoms with van der Waals surface area (Å²) in [6.45, 7) is 4.34. The first-order valence-corrected chi connectivity index (χ1v) is 8.72. The third kappa shape index (κ3) is 3.54. The number of aromatic nitrogens is 4. The average Bonchev–Trinajstić information content (AvgIpc) is 3.12. The minimum Gasteiger partial charge on any atom is -0.497 e. The van der Waals surface area contributed by atoms with E-state index in [-0.39, 0.29) is 5.97 Å². The normalized spacial score (nSPS) is 16.0. The molecule has 0 aliphatic carbocycles. The lowest BCUT2D eigenvalue weighted by atomic mass is 9.96. The smallest absolute Gasteiger partial charge is 0.338 e. The molecule has 0 bridgehead atoms. The number of fused-ring (bicyclic) bond motifs is 1. The molecule has 0 radical (unpaired) electrons. The van der Waals surface area contributed by atoms with E-state index in [0.717, 1.165) is 30.6 Å². The van der Waals surface area contributed by atoms with E-state index in [1.807, 2.05) is 31.2 Å². The Morgan fingerprint density at radius 1 is 1.27 bits per heavy atom. The number of nitrogens with zero attached hydrogens (tertiary/aromatic N) is 4. The van der Waals surface area contributed by atoms with Crippen molar-refractivity contribution < 1.29 is 14.3 Å². The highest BCUT2D eigenvalue weighted by atomic mass is 16.5. The van der Waals surface area contributed by atoms with Crippen molar-refractivity contribution in [3.8, 4) is 5.75 Å². The van der Waals surface area contributed by atoms with Crippen LogP contribution in [-0.4, -0.2) is 39.9 Å². The van der Waals surface area contributed by atoms with Crippen LogP contribution in [0.4, 0.5) is 5.95 Å². The first kappa shape index (κ1) is 17.9. The predicted octanol–water partition coefficient (Wildman–Crippen LogP) is 2.70. The number of allylic oxidation sites excluding steroid dienone is 1. The van der Waals surface area contributed by atoms with Crippen molar-refractivity contribution in [1.82, 2.24) is 20.2 Å². The summed E-state index contributed by atoms with van der Waals surface area (Å²) in [7, 11) is 1.61. The number of unbranched alkanes of at least 4 members (excludes halogenated alkanes) is 2. The molecule has 138 valence electrons. The summed E-state index contributed by atoms with van der Waals surface area (Å²) in [5, 5.41) is 14.8. The monoisotopic (exact) mass is 357 g/mol. The van der Waals surface area contributed by atoms with Crippen molar-refractivity contribution in [1.29, 1.82) is 0 Å². The maximum Gasteiger partial charge on any atom is 0.338 e. The van der Waals surface area contributed by atoms with Crippen molar-refractivity contribution in [2.24, 2.45) is 0 Å². The van der Waals surface area contributed by atoms with Gasteiger partial charge in [-0.3, -0.25) is 0 Å². The van der Waals surface area contributed by atoms with Crippen LogP contribution in [0.1, 0.15) is 44.7 Å². The number of rotatable bonds is 7. The van der Waals surface area contributed by atoms with Gasteiger partial charge in [-0.2, -0.15) is 4.68 Å². The van der Waals surface area contributed by atoms with Crippen LogP contribution in [0, 0.1) is 0 Å². The number of methoxy groups -OCH3 is 1. The zero-order valence-corrected chi connectivity index (χ0v) is 15.2. The molecule has 0 spiro atoms. The van der Waals surface area contributed by atoms with Crippen molar-refractivity contribution in [3.63, 3.8) is 0 Å². The number of carbonyl (C=O) groups is 1. The van der Waals surface area contributed by atoms with Gasteiger partial charge in [0.05, 0.1) is 19.3 Å². The summed E-state index contributed by atoms with van der Waals surface area (Å²) in [5.41, 5.74) is 2.07. The largest absolute Gasteiger partial charge is 0.497 e. The Morgan fingerprint density at radius 2 is 2.04 bits per heavy atom. The van der Waals surface area contributed by atoms with Crippen molar-refractivity contribution >= 4 is 11.9 Å². The number of ether oxygens (including phenoxy) is 2. The Kier molecular flexibility index (Phi) is 5.50. The van der Waals surface area contributed by atoms with Gasteiger partial charge in [0.25, 0.3) is 0 Å². The van der Waals surface area contributed by atoms with E-state index in [1.54, 1.807) is 11.8 Å². The van der Waals surface area contributed by atoms with Crippen molar-refractivity contribution in [3.05, 3.63) is 41.1 Å². The molecule has 1 aromatic carbocycles. The first-order valence-electron chi connectivity index (χ1n) is 8.72. The van der Waals surface area contributed by atoms with Crippen LogP contribution < -0.4 is 10.1 Å². The van der Waals surface area contributed by atoms with E-state index in [9.17, 15) is 4.79 Å². The minimum atomic E-state index is -0.453. The van der Waals surface area contributed by atoms with Crippen molar-refractivity contribution in [2.45, 2.75) is 39.2 Å². The predicted molar refractivity (Wildman–Crippen MR) is 95.8 cm³/mol. The van der Waals surface area contributed by atoms with Crippen LogP contribution in [0.25, 0.3) is 0 Å². The van der Waals surface area contributed by atoms with E-state index in [2.05, 4.69) is 27.8 Å². The molecule has 0 saturated heterocycles. The Morgan fingerprint density at radius 3 is 2.73 bits per heavy atom. The number of esters is 1. The van der Waals surface area contributed by atoms with Crippen LogP contribution in [0.2, 0.25) is 0 Å². The molecule has 0 amide bonds. The van der Waals surface area contributed by atoms with Crippen LogP contribution in [-0.2, 0) is 9.53 Å². The third-order valence-electron chi connectivity index (χ3n) is 4.35. The topological polar surface area (TPSA) is 91.2 Å². The molecule has 1 aromatic heterocycles. The van der Waals surface area contributed by atoms with Crippen LogP contribution in [0.15, 0.2) is 35.5 Å². The lowest BCUT2D eigenvalue weighted by Crippen LogP contribution is -2.29. The van der Waals surface area contributed by atoms with Gasteiger partial charge < -0.3 is 14.8 Å².